The lowest BCUT2D eigenvalue weighted by Gasteiger charge is -2.27. The van der Waals surface area contributed by atoms with Gasteiger partial charge in [0.25, 0.3) is 0 Å². The van der Waals surface area contributed by atoms with Crippen molar-refractivity contribution in [3.63, 3.8) is 0 Å². The van der Waals surface area contributed by atoms with Crippen LogP contribution >= 0.6 is 0 Å². The first-order chi connectivity index (χ1) is 56.0. The molecule has 0 radical (unpaired) electrons. The SMILES string of the molecule is CCCCCCCCCCCCNC(=O)CCN(CCCC(CCCN(CCC(=O)NCCCCCCCCCCCC)CCC(=O)NCCCCCCCCCCCC)CCN(CCC(=O)NCCCCCCCCCCCC)CCC(=O)NCCCCCCCCCCCC)CCC(=O)NCCCCCCCCCCCC. The van der Waals surface area contributed by atoms with Crippen molar-refractivity contribution in [3.8, 4) is 0 Å². The van der Waals surface area contributed by atoms with Crippen LogP contribution in [0, 0.1) is 5.92 Å². The van der Waals surface area contributed by atoms with Crippen molar-refractivity contribution in [2.45, 2.75) is 497 Å². The summed E-state index contributed by atoms with van der Waals surface area (Å²) in [5, 5.41) is 19.5. The van der Waals surface area contributed by atoms with Crippen LogP contribution < -0.4 is 31.9 Å². The molecule has 0 atom stereocenters. The maximum absolute atomic E-state index is 13.6. The van der Waals surface area contributed by atoms with Gasteiger partial charge in [-0.15, -0.1) is 0 Å². The molecule has 0 saturated carbocycles. The summed E-state index contributed by atoms with van der Waals surface area (Å²) in [6.07, 6.45) is 82.6. The van der Waals surface area contributed by atoms with Gasteiger partial charge in [-0.1, -0.05) is 388 Å². The highest BCUT2D eigenvalue weighted by atomic mass is 16.2. The number of hydrogen-bond acceptors (Lipinski definition) is 9. The quantitative estimate of drug-likeness (QED) is 0.0323. The van der Waals surface area contributed by atoms with Gasteiger partial charge < -0.3 is 46.6 Å². The molecular formula is C99H197N9O6. The van der Waals surface area contributed by atoms with E-state index in [9.17, 15) is 28.8 Å². The molecule has 15 nitrogen and oxygen atoms in total. The highest BCUT2D eigenvalue weighted by Gasteiger charge is 2.20. The number of carbonyl (C=O) groups excluding carboxylic acids is 6. The Morgan fingerprint density at radius 1 is 0.167 bits per heavy atom. The molecule has 6 amide bonds. The number of rotatable bonds is 95. The molecule has 0 saturated heterocycles. The number of nitrogens with one attached hydrogen (secondary N) is 6. The molecule has 0 aromatic heterocycles. The van der Waals surface area contributed by atoms with Crippen LogP contribution in [0.1, 0.15) is 497 Å². The van der Waals surface area contributed by atoms with Gasteiger partial charge in [-0.3, -0.25) is 28.8 Å². The van der Waals surface area contributed by atoms with E-state index in [0.717, 1.165) is 129 Å². The molecule has 15 heteroatoms. The smallest absolute Gasteiger partial charge is 0.221 e. The molecule has 0 bridgehead atoms. The van der Waals surface area contributed by atoms with Gasteiger partial charge in [-0.25, -0.2) is 0 Å². The maximum Gasteiger partial charge on any atom is 0.221 e. The summed E-state index contributed by atoms with van der Waals surface area (Å²) < 4.78 is 0. The van der Waals surface area contributed by atoms with Gasteiger partial charge in [0, 0.05) is 117 Å². The first-order valence-electron chi connectivity index (χ1n) is 50.8. The number of nitrogens with zero attached hydrogens (tertiary/aromatic N) is 3. The molecule has 0 fully saturated rings. The minimum absolute atomic E-state index is 0.0815. The average Bonchev–Trinajstić information content (AvgIpc) is 0.936. The number of hydrogen-bond donors (Lipinski definition) is 6. The second-order valence-corrected chi connectivity index (χ2v) is 35.2. The molecule has 0 rings (SSSR count). The van der Waals surface area contributed by atoms with E-state index in [1.807, 2.05) is 0 Å². The highest BCUT2D eigenvalue weighted by molar-refractivity contribution is 5.78. The zero-order chi connectivity index (χ0) is 82.8. The standard InChI is InChI=1S/C99H197N9O6/c1-7-13-19-25-31-37-43-49-55-61-78-100-94(109)72-87-106(88-73-95(110)101-79-62-56-50-44-38-32-26-20-14-8-2)84-67-69-93(71-86-108(91-76-98(113)104-82-65-59-53-47-41-35-29-23-17-11-5)92-77-99(114)105-83-66-60-54-48-42-36-30-24-18-12-6)70-68-85-107(89-74-96(111)102-80-63-57-51-45-39-33-27-21-15-9-3)90-75-97(112)103-81-64-58-52-46-40-34-28-22-16-10-4/h93H,7-92H2,1-6H3,(H,100,109)(H,101,110)(H,102,111)(H,103,112)(H,104,113)(H,105,114). The fraction of sp³-hybridized carbons (Fsp3) is 0.939. The van der Waals surface area contributed by atoms with Gasteiger partial charge in [0.05, 0.1) is 0 Å². The summed E-state index contributed by atoms with van der Waals surface area (Å²) in [6.45, 7) is 23.8. The van der Waals surface area contributed by atoms with Crippen molar-refractivity contribution in [1.82, 2.24) is 46.6 Å². The summed E-state index contributed by atoms with van der Waals surface area (Å²) in [5.74, 6) is 0.831. The molecule has 0 aromatic carbocycles. The van der Waals surface area contributed by atoms with Crippen LogP contribution in [-0.4, -0.2) is 148 Å². The van der Waals surface area contributed by atoms with E-state index in [-0.39, 0.29) is 35.4 Å². The summed E-state index contributed by atoms with van der Waals surface area (Å²) in [7, 11) is 0. The third-order valence-electron chi connectivity index (χ3n) is 24.1. The summed E-state index contributed by atoms with van der Waals surface area (Å²) in [4.78, 5) is 88.6. The second-order valence-electron chi connectivity index (χ2n) is 35.2. The van der Waals surface area contributed by atoms with E-state index in [1.165, 1.54) is 308 Å². The molecular weight excluding hydrogens is 1410 g/mol. The monoisotopic (exact) mass is 1610 g/mol. The van der Waals surface area contributed by atoms with Crippen molar-refractivity contribution >= 4 is 35.4 Å². The maximum atomic E-state index is 13.6. The number of carbonyl (C=O) groups is 6. The van der Waals surface area contributed by atoms with Crippen LogP contribution in [-0.2, 0) is 28.8 Å². The van der Waals surface area contributed by atoms with E-state index in [1.54, 1.807) is 0 Å². The van der Waals surface area contributed by atoms with Crippen molar-refractivity contribution in [2.75, 3.05) is 98.2 Å². The van der Waals surface area contributed by atoms with Gasteiger partial charge in [0.1, 0.15) is 0 Å². The zero-order valence-corrected chi connectivity index (χ0v) is 77.2. The predicted octanol–water partition coefficient (Wildman–Crippen LogP) is 25.0. The average molecular weight is 1610 g/mol. The Kier molecular flexibility index (Phi) is 89.3. The zero-order valence-electron chi connectivity index (χ0n) is 77.2. The predicted molar refractivity (Wildman–Crippen MR) is 493 cm³/mol. The highest BCUT2D eigenvalue weighted by Crippen LogP contribution is 2.22. The Morgan fingerprint density at radius 2 is 0.307 bits per heavy atom. The Labute approximate surface area is 708 Å². The lowest BCUT2D eigenvalue weighted by Crippen LogP contribution is -2.36. The molecule has 0 aliphatic carbocycles. The third kappa shape index (κ3) is 85.1. The van der Waals surface area contributed by atoms with Crippen molar-refractivity contribution in [2.24, 2.45) is 5.92 Å². The van der Waals surface area contributed by atoms with Gasteiger partial charge in [0.2, 0.25) is 35.4 Å². The van der Waals surface area contributed by atoms with E-state index in [4.69, 9.17) is 0 Å². The fourth-order valence-corrected chi connectivity index (χ4v) is 16.1. The molecule has 0 aliphatic heterocycles. The van der Waals surface area contributed by atoms with E-state index in [2.05, 4.69) is 88.1 Å². The number of amides is 6. The Bertz CT molecular complexity index is 1830. The van der Waals surface area contributed by atoms with Crippen LogP contribution in [0.5, 0.6) is 0 Å². The number of unbranched alkanes of at least 4 members (excludes halogenated alkanes) is 54. The largest absolute Gasteiger partial charge is 0.356 e. The van der Waals surface area contributed by atoms with Gasteiger partial charge >= 0.3 is 0 Å². The fourth-order valence-electron chi connectivity index (χ4n) is 16.1. The molecule has 0 aromatic rings. The van der Waals surface area contributed by atoms with Crippen LogP contribution in [0.25, 0.3) is 0 Å². The minimum atomic E-state index is 0.0815. The van der Waals surface area contributed by atoms with E-state index in [0.29, 0.717) is 123 Å². The molecule has 0 spiro atoms. The molecule has 6 N–H and O–H groups in total. The normalized spacial score (nSPS) is 11.6. The Hall–Kier alpha value is -3.30. The second kappa shape index (κ2) is 92.0. The van der Waals surface area contributed by atoms with Gasteiger partial charge in [-0.2, -0.15) is 0 Å². The first-order valence-corrected chi connectivity index (χ1v) is 50.8. The van der Waals surface area contributed by atoms with Crippen LogP contribution in [0.15, 0.2) is 0 Å². The van der Waals surface area contributed by atoms with Crippen LogP contribution in [0.3, 0.4) is 0 Å². The van der Waals surface area contributed by atoms with E-state index < -0.39 is 0 Å². The topological polar surface area (TPSA) is 184 Å². The summed E-state index contributed by atoms with van der Waals surface area (Å²) >= 11 is 0. The molecule has 0 unspecified atom stereocenters. The first kappa shape index (κ1) is 111. The van der Waals surface area contributed by atoms with Crippen molar-refractivity contribution < 1.29 is 28.8 Å². The molecule has 114 heavy (non-hydrogen) atoms. The van der Waals surface area contributed by atoms with Crippen molar-refractivity contribution in [3.05, 3.63) is 0 Å². The lowest BCUT2D eigenvalue weighted by atomic mass is 9.93. The van der Waals surface area contributed by atoms with E-state index >= 15 is 0 Å². The minimum Gasteiger partial charge on any atom is -0.356 e. The summed E-state index contributed by atoms with van der Waals surface area (Å²) in [6, 6.07) is 0. The third-order valence-corrected chi connectivity index (χ3v) is 24.1. The Morgan fingerprint density at radius 3 is 0.465 bits per heavy atom. The van der Waals surface area contributed by atoms with Crippen molar-refractivity contribution in [1.29, 1.82) is 0 Å². The van der Waals surface area contributed by atoms with Crippen LogP contribution in [0.2, 0.25) is 0 Å². The van der Waals surface area contributed by atoms with Crippen LogP contribution in [0.4, 0.5) is 0 Å². The van der Waals surface area contributed by atoms with Gasteiger partial charge in [0.15, 0.2) is 0 Å². The molecule has 674 valence electrons. The molecule has 0 aliphatic rings. The summed E-state index contributed by atoms with van der Waals surface area (Å²) in [5.41, 5.74) is 0. The molecule has 0 heterocycles. The Balaban J connectivity index is 6.73. The lowest BCUT2D eigenvalue weighted by molar-refractivity contribution is -0.123. The van der Waals surface area contributed by atoms with Gasteiger partial charge in [-0.05, 0) is 96.2 Å².